The quantitative estimate of drug-likeness (QED) is 0.488. The lowest BCUT2D eigenvalue weighted by Gasteiger charge is -2.44. The van der Waals surface area contributed by atoms with E-state index in [2.05, 4.69) is 0 Å². The van der Waals surface area contributed by atoms with Gasteiger partial charge in [0, 0.05) is 0 Å². The first kappa shape index (κ1) is 22.6. The molecule has 2 atom stereocenters. The second kappa shape index (κ2) is 9.19. The standard InChI is InChI=1S/C18H28N2O7S/c1-5-18(26-13(2)10-14(3)27-18)12-20(11-17(21)19-22)28(23,24)16-8-6-15(25-4)7-9-16/h6-9,13-14,22H,5,10-12H2,1-4H3,(H,19,21)/t13-,14-/m1/s1. The summed E-state index contributed by atoms with van der Waals surface area (Å²) in [6.45, 7) is 4.84. The zero-order valence-corrected chi connectivity index (χ0v) is 17.4. The lowest BCUT2D eigenvalue weighted by molar-refractivity contribution is -0.314. The molecule has 0 saturated carbocycles. The van der Waals surface area contributed by atoms with Crippen molar-refractivity contribution >= 4 is 15.9 Å². The average molecular weight is 416 g/mol. The highest BCUT2D eigenvalue weighted by molar-refractivity contribution is 7.89. The van der Waals surface area contributed by atoms with E-state index in [-0.39, 0.29) is 23.6 Å². The number of carbonyl (C=O) groups excluding carboxylic acids is 1. The Kier molecular flexibility index (Phi) is 7.40. The van der Waals surface area contributed by atoms with Crippen LogP contribution in [0.5, 0.6) is 5.75 Å². The van der Waals surface area contributed by atoms with Gasteiger partial charge in [-0.05, 0) is 51.0 Å². The minimum atomic E-state index is -4.07. The van der Waals surface area contributed by atoms with Crippen molar-refractivity contribution in [3.63, 3.8) is 0 Å². The molecule has 2 rings (SSSR count). The van der Waals surface area contributed by atoms with Gasteiger partial charge in [-0.2, -0.15) is 4.31 Å². The molecule has 1 aliphatic rings. The number of carbonyl (C=O) groups is 1. The molecule has 0 bridgehead atoms. The highest BCUT2D eigenvalue weighted by Gasteiger charge is 2.43. The maximum absolute atomic E-state index is 13.2. The van der Waals surface area contributed by atoms with E-state index in [1.165, 1.54) is 36.9 Å². The molecule has 2 N–H and O–H groups in total. The third-order valence-corrected chi connectivity index (χ3v) is 6.40. The number of hydroxylamine groups is 1. The minimum Gasteiger partial charge on any atom is -0.497 e. The Morgan fingerprint density at radius 1 is 1.29 bits per heavy atom. The zero-order chi connectivity index (χ0) is 20.9. The summed E-state index contributed by atoms with van der Waals surface area (Å²) in [5, 5.41) is 8.90. The van der Waals surface area contributed by atoms with Crippen LogP contribution in [-0.2, 0) is 24.3 Å². The second-order valence-electron chi connectivity index (χ2n) is 6.84. The van der Waals surface area contributed by atoms with Crippen LogP contribution >= 0.6 is 0 Å². The van der Waals surface area contributed by atoms with E-state index in [4.69, 9.17) is 19.4 Å². The van der Waals surface area contributed by atoms with Gasteiger partial charge in [0.25, 0.3) is 5.91 Å². The van der Waals surface area contributed by atoms with Crippen molar-refractivity contribution < 1.29 is 32.6 Å². The van der Waals surface area contributed by atoms with E-state index in [0.29, 0.717) is 18.6 Å². The fraction of sp³-hybridized carbons (Fsp3) is 0.611. The van der Waals surface area contributed by atoms with Gasteiger partial charge in [0.05, 0.1) is 37.3 Å². The molecule has 158 valence electrons. The molecular formula is C18H28N2O7S. The van der Waals surface area contributed by atoms with E-state index in [1.54, 1.807) is 0 Å². The predicted octanol–water partition coefficient (Wildman–Crippen LogP) is 1.51. The maximum atomic E-state index is 13.2. The van der Waals surface area contributed by atoms with Gasteiger partial charge in [0.15, 0.2) is 5.79 Å². The Bertz CT molecular complexity index is 757. The van der Waals surface area contributed by atoms with Gasteiger partial charge in [-0.3, -0.25) is 10.0 Å². The number of hydrogen-bond acceptors (Lipinski definition) is 7. The number of sulfonamides is 1. The van der Waals surface area contributed by atoms with Crippen LogP contribution in [0.1, 0.15) is 33.6 Å². The van der Waals surface area contributed by atoms with E-state index < -0.39 is 28.3 Å². The molecule has 9 nitrogen and oxygen atoms in total. The number of nitrogens with zero attached hydrogens (tertiary/aromatic N) is 1. The van der Waals surface area contributed by atoms with Gasteiger partial charge in [-0.15, -0.1) is 0 Å². The first-order chi connectivity index (χ1) is 13.2. The van der Waals surface area contributed by atoms with Crippen LogP contribution in [0.25, 0.3) is 0 Å². The van der Waals surface area contributed by atoms with Crippen molar-refractivity contribution in [1.29, 1.82) is 0 Å². The van der Waals surface area contributed by atoms with Crippen LogP contribution in [0.2, 0.25) is 0 Å². The van der Waals surface area contributed by atoms with Crippen LogP contribution in [0, 0.1) is 0 Å². The lowest BCUT2D eigenvalue weighted by Crippen LogP contribution is -2.55. The summed E-state index contributed by atoms with van der Waals surface area (Å²) in [4.78, 5) is 11.8. The van der Waals surface area contributed by atoms with Crippen molar-refractivity contribution in [2.75, 3.05) is 20.2 Å². The molecule has 1 heterocycles. The van der Waals surface area contributed by atoms with E-state index in [1.807, 2.05) is 20.8 Å². The Hall–Kier alpha value is -1.72. The van der Waals surface area contributed by atoms with Crippen molar-refractivity contribution in [3.8, 4) is 5.75 Å². The first-order valence-electron chi connectivity index (χ1n) is 9.08. The first-order valence-corrected chi connectivity index (χ1v) is 10.5. The van der Waals surface area contributed by atoms with Crippen LogP contribution in [0.3, 0.4) is 0 Å². The normalized spacial score (nSPS) is 25.5. The van der Waals surface area contributed by atoms with Crippen molar-refractivity contribution in [3.05, 3.63) is 24.3 Å². The topological polar surface area (TPSA) is 114 Å². The predicted molar refractivity (Wildman–Crippen MR) is 100 cm³/mol. The van der Waals surface area contributed by atoms with Crippen molar-refractivity contribution in [1.82, 2.24) is 9.79 Å². The van der Waals surface area contributed by atoms with Crippen molar-refractivity contribution in [2.45, 2.75) is 56.5 Å². The number of ether oxygens (including phenoxy) is 3. The summed E-state index contributed by atoms with van der Waals surface area (Å²) in [5.41, 5.74) is 1.48. The highest BCUT2D eigenvalue weighted by Crippen LogP contribution is 2.32. The SMILES string of the molecule is CCC1(CN(CC(=O)NO)S(=O)(=O)c2ccc(OC)cc2)O[C@H](C)C[C@@H](C)O1. The van der Waals surface area contributed by atoms with E-state index in [0.717, 1.165) is 4.31 Å². The Balaban J connectivity index is 2.38. The molecule has 0 spiro atoms. The molecule has 0 aromatic heterocycles. The largest absolute Gasteiger partial charge is 0.497 e. The van der Waals surface area contributed by atoms with E-state index >= 15 is 0 Å². The number of hydrogen-bond donors (Lipinski definition) is 2. The highest BCUT2D eigenvalue weighted by atomic mass is 32.2. The monoisotopic (exact) mass is 416 g/mol. The molecule has 10 heteroatoms. The molecule has 0 radical (unpaired) electrons. The number of benzene rings is 1. The summed E-state index contributed by atoms with van der Waals surface area (Å²) in [6.07, 6.45) is 0.822. The number of rotatable bonds is 8. The molecule has 28 heavy (non-hydrogen) atoms. The van der Waals surface area contributed by atoms with Crippen LogP contribution < -0.4 is 10.2 Å². The van der Waals surface area contributed by atoms with Crippen LogP contribution in [-0.4, -0.2) is 62.0 Å². The maximum Gasteiger partial charge on any atom is 0.258 e. The average Bonchev–Trinajstić information content (AvgIpc) is 2.66. The second-order valence-corrected chi connectivity index (χ2v) is 8.78. The lowest BCUT2D eigenvalue weighted by atomic mass is 10.1. The number of nitrogens with one attached hydrogen (secondary N) is 1. The van der Waals surface area contributed by atoms with Gasteiger partial charge >= 0.3 is 0 Å². The summed E-state index contributed by atoms with van der Waals surface area (Å²) >= 11 is 0. The smallest absolute Gasteiger partial charge is 0.258 e. The summed E-state index contributed by atoms with van der Waals surface area (Å²) in [5.74, 6) is -1.54. The molecule has 1 fully saturated rings. The molecule has 1 aromatic carbocycles. The Morgan fingerprint density at radius 2 is 1.86 bits per heavy atom. The van der Waals surface area contributed by atoms with Gasteiger partial charge in [0.1, 0.15) is 5.75 Å². The Labute approximate surface area is 165 Å². The fourth-order valence-electron chi connectivity index (χ4n) is 3.26. The van der Waals surface area contributed by atoms with Crippen LogP contribution in [0.4, 0.5) is 0 Å². The number of amides is 1. The van der Waals surface area contributed by atoms with Gasteiger partial charge < -0.3 is 14.2 Å². The third-order valence-electron chi connectivity index (χ3n) is 4.59. The zero-order valence-electron chi connectivity index (χ0n) is 16.5. The van der Waals surface area contributed by atoms with Gasteiger partial charge in [-0.1, -0.05) is 6.92 Å². The van der Waals surface area contributed by atoms with Gasteiger partial charge in [0.2, 0.25) is 10.0 Å². The number of methoxy groups -OCH3 is 1. The minimum absolute atomic E-state index is 0.0119. The third kappa shape index (κ3) is 5.21. The van der Waals surface area contributed by atoms with Crippen molar-refractivity contribution in [2.24, 2.45) is 0 Å². The summed E-state index contributed by atoms with van der Waals surface area (Å²) < 4.78 is 44.3. The molecule has 1 aromatic rings. The summed E-state index contributed by atoms with van der Waals surface area (Å²) in [7, 11) is -2.59. The molecule has 1 amide bonds. The van der Waals surface area contributed by atoms with Crippen LogP contribution in [0.15, 0.2) is 29.2 Å². The summed E-state index contributed by atoms with van der Waals surface area (Å²) in [6, 6.07) is 5.82. The molecule has 0 unspecified atom stereocenters. The van der Waals surface area contributed by atoms with E-state index in [9.17, 15) is 13.2 Å². The molecule has 0 aliphatic carbocycles. The fourth-order valence-corrected chi connectivity index (χ4v) is 4.70. The Morgan fingerprint density at radius 3 is 2.32 bits per heavy atom. The molecular weight excluding hydrogens is 388 g/mol. The molecule has 1 aliphatic heterocycles. The van der Waals surface area contributed by atoms with Gasteiger partial charge in [-0.25, -0.2) is 13.9 Å². The molecule has 1 saturated heterocycles.